The van der Waals surface area contributed by atoms with Gasteiger partial charge >= 0.3 is 5.97 Å². The first-order chi connectivity index (χ1) is 11.4. The summed E-state index contributed by atoms with van der Waals surface area (Å²) in [7, 11) is 1.43. The van der Waals surface area contributed by atoms with Crippen molar-refractivity contribution in [2.45, 2.75) is 12.6 Å². The quantitative estimate of drug-likeness (QED) is 0.588. The second kappa shape index (κ2) is 7.42. The SMILES string of the molecule is COc1cc([C@H](N)C(=O)O)ccc1OCc1ccc([N+](=O)[O-])cc1. The third kappa shape index (κ3) is 3.99. The monoisotopic (exact) mass is 332 g/mol. The van der Waals surface area contributed by atoms with Crippen molar-refractivity contribution in [1.82, 2.24) is 0 Å². The van der Waals surface area contributed by atoms with Gasteiger partial charge in [0.25, 0.3) is 5.69 Å². The van der Waals surface area contributed by atoms with Crippen molar-refractivity contribution in [3.05, 3.63) is 63.7 Å². The number of ether oxygens (including phenoxy) is 2. The normalized spacial score (nSPS) is 11.6. The fraction of sp³-hybridized carbons (Fsp3) is 0.188. The highest BCUT2D eigenvalue weighted by Crippen LogP contribution is 2.30. The van der Waals surface area contributed by atoms with Crippen molar-refractivity contribution in [3.63, 3.8) is 0 Å². The van der Waals surface area contributed by atoms with E-state index in [1.165, 1.54) is 25.3 Å². The van der Waals surface area contributed by atoms with Crippen molar-refractivity contribution in [2.75, 3.05) is 7.11 Å². The van der Waals surface area contributed by atoms with Gasteiger partial charge in [0.15, 0.2) is 11.5 Å². The summed E-state index contributed by atoms with van der Waals surface area (Å²) in [5, 5.41) is 19.6. The van der Waals surface area contributed by atoms with Gasteiger partial charge in [0, 0.05) is 12.1 Å². The van der Waals surface area contributed by atoms with Crippen LogP contribution in [0.3, 0.4) is 0 Å². The van der Waals surface area contributed by atoms with Gasteiger partial charge in [-0.15, -0.1) is 0 Å². The molecule has 3 N–H and O–H groups in total. The molecule has 126 valence electrons. The van der Waals surface area contributed by atoms with Gasteiger partial charge in [-0.25, -0.2) is 0 Å². The largest absolute Gasteiger partial charge is 0.493 e. The minimum atomic E-state index is -1.15. The first kappa shape index (κ1) is 17.2. The number of hydrogen-bond donors (Lipinski definition) is 2. The summed E-state index contributed by atoms with van der Waals surface area (Å²) in [6.07, 6.45) is 0. The Morgan fingerprint density at radius 3 is 2.46 bits per heavy atom. The predicted octanol–water partition coefficient (Wildman–Crippen LogP) is 2.27. The Balaban J connectivity index is 2.11. The molecule has 0 saturated heterocycles. The van der Waals surface area contributed by atoms with Gasteiger partial charge < -0.3 is 20.3 Å². The number of carbonyl (C=O) groups is 1. The molecule has 1 atom stereocenters. The van der Waals surface area contributed by atoms with Crippen LogP contribution in [0.5, 0.6) is 11.5 Å². The highest BCUT2D eigenvalue weighted by molar-refractivity contribution is 5.75. The van der Waals surface area contributed by atoms with Gasteiger partial charge in [-0.1, -0.05) is 6.07 Å². The number of hydrogen-bond acceptors (Lipinski definition) is 6. The number of nitrogens with zero attached hydrogens (tertiary/aromatic N) is 1. The lowest BCUT2D eigenvalue weighted by atomic mass is 10.1. The standard InChI is InChI=1S/C16H16N2O6/c1-23-14-8-11(15(17)16(19)20)4-7-13(14)24-9-10-2-5-12(6-3-10)18(21)22/h2-8,15H,9,17H2,1H3,(H,19,20)/t15-/m0/s1. The van der Waals surface area contributed by atoms with E-state index in [0.717, 1.165) is 5.56 Å². The van der Waals surface area contributed by atoms with E-state index in [1.54, 1.807) is 24.3 Å². The number of non-ortho nitro benzene ring substituents is 1. The first-order valence-electron chi connectivity index (χ1n) is 6.95. The Labute approximate surface area is 137 Å². The Bertz CT molecular complexity index is 745. The molecule has 2 rings (SSSR count). The number of carboxylic acid groups (broad SMARTS) is 1. The van der Waals surface area contributed by atoms with E-state index in [4.69, 9.17) is 20.3 Å². The van der Waals surface area contributed by atoms with Crippen molar-refractivity contribution < 1.29 is 24.3 Å². The predicted molar refractivity (Wildman–Crippen MR) is 85.0 cm³/mol. The summed E-state index contributed by atoms with van der Waals surface area (Å²) in [5.41, 5.74) is 6.70. The van der Waals surface area contributed by atoms with Crippen LogP contribution in [0.25, 0.3) is 0 Å². The number of nitro benzene ring substituents is 1. The second-order valence-electron chi connectivity index (χ2n) is 4.94. The molecule has 0 aromatic heterocycles. The minimum Gasteiger partial charge on any atom is -0.493 e. The molecule has 0 radical (unpaired) electrons. The molecule has 0 spiro atoms. The Kier molecular flexibility index (Phi) is 5.33. The van der Waals surface area contributed by atoms with Crippen molar-refractivity contribution in [3.8, 4) is 11.5 Å². The summed E-state index contributed by atoms with van der Waals surface area (Å²) in [6.45, 7) is 0.179. The zero-order chi connectivity index (χ0) is 17.7. The molecule has 8 nitrogen and oxygen atoms in total. The molecule has 8 heteroatoms. The number of carboxylic acids is 1. The molecular weight excluding hydrogens is 316 g/mol. The van der Waals surface area contributed by atoms with Crippen LogP contribution in [0.4, 0.5) is 5.69 Å². The van der Waals surface area contributed by atoms with Gasteiger partial charge in [0.2, 0.25) is 0 Å². The molecular formula is C16H16N2O6. The molecule has 0 saturated carbocycles. The van der Waals surface area contributed by atoms with Crippen molar-refractivity contribution >= 4 is 11.7 Å². The number of benzene rings is 2. The Hall–Kier alpha value is -3.13. The smallest absolute Gasteiger partial charge is 0.325 e. The molecule has 0 amide bonds. The highest BCUT2D eigenvalue weighted by Gasteiger charge is 2.17. The molecule has 0 aliphatic heterocycles. The van der Waals surface area contributed by atoms with E-state index in [1.807, 2.05) is 0 Å². The lowest BCUT2D eigenvalue weighted by Crippen LogP contribution is -2.20. The molecule has 2 aromatic rings. The summed E-state index contributed by atoms with van der Waals surface area (Å²) < 4.78 is 10.8. The zero-order valence-electron chi connectivity index (χ0n) is 12.8. The lowest BCUT2D eigenvalue weighted by Gasteiger charge is -2.14. The molecule has 0 heterocycles. The van der Waals surface area contributed by atoms with E-state index in [2.05, 4.69) is 0 Å². The Morgan fingerprint density at radius 1 is 1.25 bits per heavy atom. The summed E-state index contributed by atoms with van der Waals surface area (Å²) in [5.74, 6) is -0.375. The minimum absolute atomic E-state index is 0.00309. The van der Waals surface area contributed by atoms with Crippen LogP contribution in [-0.4, -0.2) is 23.1 Å². The van der Waals surface area contributed by atoms with Crippen LogP contribution >= 0.6 is 0 Å². The average molecular weight is 332 g/mol. The van der Waals surface area contributed by atoms with Crippen LogP contribution in [0.15, 0.2) is 42.5 Å². The number of rotatable bonds is 7. The topological polar surface area (TPSA) is 125 Å². The maximum absolute atomic E-state index is 10.9. The number of nitro groups is 1. The number of nitrogens with two attached hydrogens (primary N) is 1. The molecule has 0 bridgehead atoms. The molecule has 0 unspecified atom stereocenters. The van der Waals surface area contributed by atoms with Gasteiger partial charge in [0.1, 0.15) is 12.6 Å². The fourth-order valence-corrected chi connectivity index (χ4v) is 2.01. The summed E-state index contributed by atoms with van der Waals surface area (Å²) >= 11 is 0. The van der Waals surface area contributed by atoms with E-state index >= 15 is 0 Å². The van der Waals surface area contributed by atoms with Crippen LogP contribution in [-0.2, 0) is 11.4 Å². The molecule has 24 heavy (non-hydrogen) atoms. The van der Waals surface area contributed by atoms with Crippen LogP contribution in [0.2, 0.25) is 0 Å². The van der Waals surface area contributed by atoms with Gasteiger partial charge in [-0.3, -0.25) is 14.9 Å². The maximum atomic E-state index is 10.9. The van der Waals surface area contributed by atoms with E-state index in [9.17, 15) is 14.9 Å². The second-order valence-corrected chi connectivity index (χ2v) is 4.94. The van der Waals surface area contributed by atoms with Crippen molar-refractivity contribution in [1.29, 1.82) is 0 Å². The zero-order valence-corrected chi connectivity index (χ0v) is 12.8. The summed E-state index contributed by atoms with van der Waals surface area (Å²) in [4.78, 5) is 21.1. The van der Waals surface area contributed by atoms with Gasteiger partial charge in [-0.2, -0.15) is 0 Å². The third-order valence-electron chi connectivity index (χ3n) is 3.35. The van der Waals surface area contributed by atoms with Crippen molar-refractivity contribution in [2.24, 2.45) is 5.73 Å². The maximum Gasteiger partial charge on any atom is 0.325 e. The molecule has 0 aliphatic carbocycles. The molecule has 2 aromatic carbocycles. The number of methoxy groups -OCH3 is 1. The van der Waals surface area contributed by atoms with E-state index in [-0.39, 0.29) is 12.3 Å². The van der Waals surface area contributed by atoms with Crippen LogP contribution in [0.1, 0.15) is 17.2 Å². The van der Waals surface area contributed by atoms with Gasteiger partial charge in [-0.05, 0) is 35.4 Å². The third-order valence-corrected chi connectivity index (χ3v) is 3.35. The fourth-order valence-electron chi connectivity index (χ4n) is 2.01. The van der Waals surface area contributed by atoms with Gasteiger partial charge in [0.05, 0.1) is 12.0 Å². The van der Waals surface area contributed by atoms with Crippen LogP contribution < -0.4 is 15.2 Å². The summed E-state index contributed by atoms with van der Waals surface area (Å²) in [6, 6.07) is 9.45. The highest BCUT2D eigenvalue weighted by atomic mass is 16.6. The molecule has 0 fully saturated rings. The van der Waals surface area contributed by atoms with E-state index < -0.39 is 16.9 Å². The lowest BCUT2D eigenvalue weighted by molar-refractivity contribution is -0.384. The average Bonchev–Trinajstić information content (AvgIpc) is 2.59. The Morgan fingerprint density at radius 2 is 1.92 bits per heavy atom. The first-order valence-corrected chi connectivity index (χ1v) is 6.95. The van der Waals surface area contributed by atoms with E-state index in [0.29, 0.717) is 17.1 Å². The number of aliphatic carboxylic acids is 1. The van der Waals surface area contributed by atoms with Crippen LogP contribution in [0, 0.1) is 10.1 Å². The molecule has 0 aliphatic rings.